The Morgan fingerprint density at radius 1 is 1.23 bits per heavy atom. The summed E-state index contributed by atoms with van der Waals surface area (Å²) in [5, 5.41) is 8.34. The molecule has 2 aliphatic heterocycles. The van der Waals surface area contributed by atoms with Crippen LogP contribution >= 0.6 is 0 Å². The average Bonchev–Trinajstić information content (AvgIpc) is 3.21. The molecule has 2 bridgehead atoms. The number of carbonyl (C=O) groups is 1. The fourth-order valence-corrected chi connectivity index (χ4v) is 4.60. The number of nitrogen functional groups attached to an aromatic ring is 1. The number of ketones is 1. The van der Waals surface area contributed by atoms with Gasteiger partial charge in [-0.25, -0.2) is 0 Å². The van der Waals surface area contributed by atoms with Crippen LogP contribution in [0.25, 0.3) is 11.1 Å². The number of Topliss-reactive ketones (excluding diaryl/α,β-unsaturated/α-hetero) is 1. The Morgan fingerprint density at radius 2 is 1.96 bits per heavy atom. The topological polar surface area (TPSA) is 83.3 Å². The van der Waals surface area contributed by atoms with Gasteiger partial charge in [0.05, 0.1) is 12.5 Å². The van der Waals surface area contributed by atoms with Crippen LogP contribution in [0.15, 0.2) is 41.2 Å². The quantitative estimate of drug-likeness (QED) is 0.635. The van der Waals surface area contributed by atoms with E-state index in [4.69, 9.17) is 15.6 Å². The third-order valence-corrected chi connectivity index (χ3v) is 6.12. The molecule has 0 saturated carbocycles. The minimum Gasteiger partial charge on any atom is -0.472 e. The summed E-state index contributed by atoms with van der Waals surface area (Å²) in [6.45, 7) is 0. The first kappa shape index (κ1) is 17.0. The molecule has 4 rings (SSSR count). The standard InChI is InChI=1S/C21H25N3O2/c1-24-16-3-4-17(24)9-13(8-16)10-20(25)21(23)18-5-2-14(11-19(18)22)15-6-7-26-12-15/h2,5-7,11-13,16-17,23H,3-4,8-10,22H2,1H3. The second-order valence-corrected chi connectivity index (χ2v) is 7.70. The molecule has 2 aliphatic rings. The van der Waals surface area contributed by atoms with Gasteiger partial charge < -0.3 is 15.1 Å². The molecule has 3 N–H and O–H groups in total. The maximum Gasteiger partial charge on any atom is 0.181 e. The second kappa shape index (κ2) is 6.72. The lowest BCUT2D eigenvalue weighted by Crippen LogP contribution is -2.40. The largest absolute Gasteiger partial charge is 0.472 e. The van der Waals surface area contributed by atoms with Gasteiger partial charge in [-0.15, -0.1) is 0 Å². The molecule has 0 radical (unpaired) electrons. The molecule has 0 aliphatic carbocycles. The van der Waals surface area contributed by atoms with Crippen molar-refractivity contribution in [1.82, 2.24) is 4.90 Å². The summed E-state index contributed by atoms with van der Waals surface area (Å²) in [5.41, 5.74) is 9.02. The van der Waals surface area contributed by atoms with Crippen LogP contribution in [0.5, 0.6) is 0 Å². The van der Waals surface area contributed by atoms with E-state index in [-0.39, 0.29) is 11.5 Å². The summed E-state index contributed by atoms with van der Waals surface area (Å²) in [6, 6.07) is 8.54. The van der Waals surface area contributed by atoms with Crippen LogP contribution in [-0.2, 0) is 4.79 Å². The van der Waals surface area contributed by atoms with E-state index in [2.05, 4.69) is 11.9 Å². The van der Waals surface area contributed by atoms with Gasteiger partial charge in [-0.1, -0.05) is 12.1 Å². The molecule has 26 heavy (non-hydrogen) atoms. The third-order valence-electron chi connectivity index (χ3n) is 6.12. The van der Waals surface area contributed by atoms with E-state index in [1.165, 1.54) is 12.8 Å². The van der Waals surface area contributed by atoms with Crippen molar-refractivity contribution in [2.24, 2.45) is 5.92 Å². The molecular formula is C21H25N3O2. The van der Waals surface area contributed by atoms with Crippen molar-refractivity contribution in [3.8, 4) is 11.1 Å². The summed E-state index contributed by atoms with van der Waals surface area (Å²) in [6.07, 6.45) is 8.35. The van der Waals surface area contributed by atoms with E-state index in [9.17, 15) is 4.79 Å². The van der Waals surface area contributed by atoms with Crippen LogP contribution in [0, 0.1) is 11.3 Å². The number of anilines is 1. The normalized spacial score (nSPS) is 25.3. The Kier molecular flexibility index (Phi) is 4.41. The first-order valence-corrected chi connectivity index (χ1v) is 9.29. The lowest BCUT2D eigenvalue weighted by Gasteiger charge is -2.36. The molecule has 0 amide bonds. The SMILES string of the molecule is CN1C2CCC1CC(CC(=O)C(=N)c1ccc(-c3ccoc3)cc1N)C2. The molecule has 2 fully saturated rings. The highest BCUT2D eigenvalue weighted by molar-refractivity contribution is 6.46. The van der Waals surface area contributed by atoms with Crippen LogP contribution < -0.4 is 5.73 Å². The summed E-state index contributed by atoms with van der Waals surface area (Å²) >= 11 is 0. The van der Waals surface area contributed by atoms with Crippen molar-refractivity contribution in [2.75, 3.05) is 12.8 Å². The molecule has 2 aromatic rings. The minimum absolute atomic E-state index is 0.0347. The van der Waals surface area contributed by atoms with Crippen molar-refractivity contribution >= 4 is 17.2 Å². The van der Waals surface area contributed by atoms with Crippen LogP contribution in [0.2, 0.25) is 0 Å². The zero-order chi connectivity index (χ0) is 18.3. The van der Waals surface area contributed by atoms with Gasteiger partial charge in [-0.3, -0.25) is 10.2 Å². The highest BCUT2D eigenvalue weighted by Crippen LogP contribution is 2.39. The highest BCUT2D eigenvalue weighted by Gasteiger charge is 2.39. The van der Waals surface area contributed by atoms with Gasteiger partial charge in [0.2, 0.25) is 0 Å². The third kappa shape index (κ3) is 3.07. The number of hydrogen-bond donors (Lipinski definition) is 2. The van der Waals surface area contributed by atoms with Gasteiger partial charge in [0.1, 0.15) is 5.71 Å². The number of hydrogen-bond acceptors (Lipinski definition) is 5. The summed E-state index contributed by atoms with van der Waals surface area (Å²) in [4.78, 5) is 15.2. The maximum absolute atomic E-state index is 12.7. The molecule has 0 spiro atoms. The fourth-order valence-electron chi connectivity index (χ4n) is 4.60. The summed E-state index contributed by atoms with van der Waals surface area (Å²) < 4.78 is 5.10. The van der Waals surface area contributed by atoms with Gasteiger partial charge in [-0.05, 0) is 56.3 Å². The van der Waals surface area contributed by atoms with Gasteiger partial charge in [0.25, 0.3) is 0 Å². The Hall–Kier alpha value is -2.40. The van der Waals surface area contributed by atoms with Crippen molar-refractivity contribution in [2.45, 2.75) is 44.2 Å². The Labute approximate surface area is 153 Å². The van der Waals surface area contributed by atoms with E-state index in [0.29, 0.717) is 35.7 Å². The van der Waals surface area contributed by atoms with Gasteiger partial charge in [0.15, 0.2) is 5.78 Å². The average molecular weight is 351 g/mol. The van der Waals surface area contributed by atoms with E-state index >= 15 is 0 Å². The monoisotopic (exact) mass is 351 g/mol. The number of benzene rings is 1. The zero-order valence-electron chi connectivity index (χ0n) is 15.1. The number of carbonyl (C=O) groups excluding carboxylic acids is 1. The smallest absolute Gasteiger partial charge is 0.181 e. The fraction of sp³-hybridized carbons (Fsp3) is 0.429. The Morgan fingerprint density at radius 3 is 2.58 bits per heavy atom. The number of rotatable bonds is 5. The summed E-state index contributed by atoms with van der Waals surface area (Å²) in [7, 11) is 2.20. The lowest BCUT2D eigenvalue weighted by atomic mass is 9.85. The van der Waals surface area contributed by atoms with E-state index in [1.54, 1.807) is 24.7 Å². The molecule has 5 nitrogen and oxygen atoms in total. The number of nitrogens with one attached hydrogen (secondary N) is 1. The Balaban J connectivity index is 1.45. The molecule has 2 saturated heterocycles. The number of fused-ring (bicyclic) bond motifs is 2. The maximum atomic E-state index is 12.7. The van der Waals surface area contributed by atoms with Crippen LogP contribution in [0.1, 0.15) is 37.7 Å². The van der Waals surface area contributed by atoms with Gasteiger partial charge in [0, 0.05) is 35.3 Å². The first-order chi connectivity index (χ1) is 12.5. The molecule has 5 heteroatoms. The molecule has 2 atom stereocenters. The number of piperidine rings is 1. The predicted molar refractivity (Wildman–Crippen MR) is 102 cm³/mol. The summed E-state index contributed by atoms with van der Waals surface area (Å²) in [5.74, 6) is 0.296. The molecule has 1 aromatic carbocycles. The minimum atomic E-state index is -0.0956. The van der Waals surface area contributed by atoms with E-state index < -0.39 is 0 Å². The Bertz CT molecular complexity index is 814. The van der Waals surface area contributed by atoms with E-state index in [1.807, 2.05) is 12.1 Å². The van der Waals surface area contributed by atoms with Gasteiger partial charge >= 0.3 is 0 Å². The molecule has 136 valence electrons. The van der Waals surface area contributed by atoms with E-state index in [0.717, 1.165) is 24.0 Å². The molecular weight excluding hydrogens is 326 g/mol. The second-order valence-electron chi connectivity index (χ2n) is 7.70. The van der Waals surface area contributed by atoms with Crippen molar-refractivity contribution < 1.29 is 9.21 Å². The van der Waals surface area contributed by atoms with Crippen molar-refractivity contribution in [1.29, 1.82) is 5.41 Å². The molecule has 1 aromatic heterocycles. The number of nitrogens with two attached hydrogens (primary N) is 1. The molecule has 3 heterocycles. The molecule has 2 unspecified atom stereocenters. The lowest BCUT2D eigenvalue weighted by molar-refractivity contribution is -0.114. The van der Waals surface area contributed by atoms with Crippen LogP contribution in [0.4, 0.5) is 5.69 Å². The first-order valence-electron chi connectivity index (χ1n) is 9.29. The number of nitrogens with zero attached hydrogens (tertiary/aromatic N) is 1. The van der Waals surface area contributed by atoms with Crippen LogP contribution in [0.3, 0.4) is 0 Å². The van der Waals surface area contributed by atoms with Crippen molar-refractivity contribution in [3.63, 3.8) is 0 Å². The van der Waals surface area contributed by atoms with Crippen molar-refractivity contribution in [3.05, 3.63) is 42.4 Å². The zero-order valence-corrected chi connectivity index (χ0v) is 15.1. The number of furan rings is 1. The highest BCUT2D eigenvalue weighted by atomic mass is 16.3. The predicted octanol–water partition coefficient (Wildman–Crippen LogP) is 3.73. The van der Waals surface area contributed by atoms with Crippen LogP contribution in [-0.4, -0.2) is 35.5 Å². The van der Waals surface area contributed by atoms with Gasteiger partial charge in [-0.2, -0.15) is 0 Å².